The molecule has 0 radical (unpaired) electrons. The van der Waals surface area contributed by atoms with Crippen LogP contribution in [0.15, 0.2) is 29.4 Å². The molecule has 1 heterocycles. The maximum Gasteiger partial charge on any atom is 0.264 e. The van der Waals surface area contributed by atoms with E-state index in [0.717, 1.165) is 5.56 Å². The lowest BCUT2D eigenvalue weighted by Gasteiger charge is -2.22. The molecule has 1 N–H and O–H groups in total. The molecule has 0 saturated heterocycles. The molecule has 0 aliphatic carbocycles. The van der Waals surface area contributed by atoms with Crippen molar-refractivity contribution in [3.05, 3.63) is 34.9 Å². The lowest BCUT2D eigenvalue weighted by Crippen LogP contribution is -2.45. The Hall–Kier alpha value is -1.55. The minimum Gasteiger partial charge on any atom is -0.382 e. The van der Waals surface area contributed by atoms with Gasteiger partial charge in [-0.3, -0.25) is 4.79 Å². The van der Waals surface area contributed by atoms with E-state index in [0.29, 0.717) is 17.2 Å². The number of amides is 1. The minimum absolute atomic E-state index is 0.154. The quantitative estimate of drug-likeness (QED) is 0.906. The standard InChI is InChI=1S/C14H17ClN2O2/c1-14(2,3)16-13(18)12-8-11(17-19-12)9-6-4-5-7-10(9)15/h4-7,12H,8H2,1-3H3,(H,16,18)/t12-/m0/s1. The van der Waals surface area contributed by atoms with Gasteiger partial charge in [0.25, 0.3) is 5.91 Å². The van der Waals surface area contributed by atoms with E-state index in [2.05, 4.69) is 10.5 Å². The highest BCUT2D eigenvalue weighted by Crippen LogP contribution is 2.23. The van der Waals surface area contributed by atoms with E-state index >= 15 is 0 Å². The third-order valence-electron chi connectivity index (χ3n) is 2.64. The van der Waals surface area contributed by atoms with Gasteiger partial charge in [0.15, 0.2) is 0 Å². The first kappa shape index (κ1) is 13.9. The third kappa shape index (κ3) is 3.47. The van der Waals surface area contributed by atoms with Crippen LogP contribution in [0.25, 0.3) is 0 Å². The number of oxime groups is 1. The number of nitrogens with zero attached hydrogens (tertiary/aromatic N) is 1. The lowest BCUT2D eigenvalue weighted by molar-refractivity contribution is -0.132. The Morgan fingerprint density at radius 3 is 2.74 bits per heavy atom. The van der Waals surface area contributed by atoms with Crippen LogP contribution in [-0.4, -0.2) is 23.3 Å². The number of rotatable bonds is 2. The normalized spacial score (nSPS) is 18.7. The Labute approximate surface area is 117 Å². The molecule has 1 aromatic carbocycles. The summed E-state index contributed by atoms with van der Waals surface area (Å²) in [5.41, 5.74) is 1.24. The van der Waals surface area contributed by atoms with Crippen molar-refractivity contribution < 1.29 is 9.63 Å². The summed E-state index contributed by atoms with van der Waals surface area (Å²) in [5.74, 6) is -0.154. The second kappa shape index (κ2) is 5.21. The van der Waals surface area contributed by atoms with Crippen molar-refractivity contribution in [3.8, 4) is 0 Å². The molecule has 0 fully saturated rings. The zero-order chi connectivity index (χ0) is 14.0. The second-order valence-electron chi connectivity index (χ2n) is 5.56. The van der Waals surface area contributed by atoms with Gasteiger partial charge in [-0.15, -0.1) is 0 Å². The van der Waals surface area contributed by atoms with Gasteiger partial charge in [0.2, 0.25) is 6.10 Å². The summed E-state index contributed by atoms with van der Waals surface area (Å²) in [5, 5.41) is 7.46. The first-order valence-electron chi connectivity index (χ1n) is 6.16. The van der Waals surface area contributed by atoms with Crippen LogP contribution in [0.1, 0.15) is 32.8 Å². The molecule has 1 aliphatic heterocycles. The van der Waals surface area contributed by atoms with Gasteiger partial charge in [0, 0.05) is 22.5 Å². The number of nitrogens with one attached hydrogen (secondary N) is 1. The van der Waals surface area contributed by atoms with Gasteiger partial charge < -0.3 is 10.2 Å². The average Bonchev–Trinajstić information content (AvgIpc) is 2.76. The van der Waals surface area contributed by atoms with Crippen LogP contribution in [0.3, 0.4) is 0 Å². The number of carbonyl (C=O) groups is 1. The topological polar surface area (TPSA) is 50.7 Å². The second-order valence-corrected chi connectivity index (χ2v) is 5.96. The largest absolute Gasteiger partial charge is 0.382 e. The summed E-state index contributed by atoms with van der Waals surface area (Å²) in [7, 11) is 0. The van der Waals surface area contributed by atoms with Crippen molar-refractivity contribution in [1.82, 2.24) is 5.32 Å². The first-order valence-corrected chi connectivity index (χ1v) is 6.54. The average molecular weight is 281 g/mol. The molecule has 0 aromatic heterocycles. The molecular weight excluding hydrogens is 264 g/mol. The zero-order valence-corrected chi connectivity index (χ0v) is 12.0. The monoisotopic (exact) mass is 280 g/mol. The fourth-order valence-corrected chi connectivity index (χ4v) is 2.07. The maximum atomic E-state index is 12.0. The van der Waals surface area contributed by atoms with E-state index in [-0.39, 0.29) is 11.4 Å². The van der Waals surface area contributed by atoms with Gasteiger partial charge >= 0.3 is 0 Å². The van der Waals surface area contributed by atoms with Crippen molar-refractivity contribution in [2.75, 3.05) is 0 Å². The smallest absolute Gasteiger partial charge is 0.264 e. The number of halogens is 1. The van der Waals surface area contributed by atoms with Crippen molar-refractivity contribution in [2.45, 2.75) is 38.8 Å². The van der Waals surface area contributed by atoms with Gasteiger partial charge in [-0.2, -0.15) is 0 Å². The van der Waals surface area contributed by atoms with Crippen LogP contribution in [-0.2, 0) is 9.63 Å². The number of hydrogen-bond donors (Lipinski definition) is 1. The highest BCUT2D eigenvalue weighted by molar-refractivity contribution is 6.34. The van der Waals surface area contributed by atoms with Gasteiger partial charge in [-0.1, -0.05) is 35.0 Å². The summed E-state index contributed by atoms with van der Waals surface area (Å²) < 4.78 is 0. The molecule has 0 spiro atoms. The molecule has 0 unspecified atom stereocenters. The van der Waals surface area contributed by atoms with Gasteiger partial charge in [-0.25, -0.2) is 0 Å². The number of benzene rings is 1. The van der Waals surface area contributed by atoms with E-state index in [1.807, 2.05) is 39.0 Å². The summed E-state index contributed by atoms with van der Waals surface area (Å²) >= 11 is 6.10. The molecular formula is C14H17ClN2O2. The summed E-state index contributed by atoms with van der Waals surface area (Å²) in [6.45, 7) is 5.78. The first-order chi connectivity index (χ1) is 8.87. The molecule has 4 nitrogen and oxygen atoms in total. The Kier molecular flexibility index (Phi) is 3.80. The van der Waals surface area contributed by atoms with Crippen molar-refractivity contribution >= 4 is 23.2 Å². The molecule has 102 valence electrons. The van der Waals surface area contributed by atoms with Crippen molar-refractivity contribution in [3.63, 3.8) is 0 Å². The fourth-order valence-electron chi connectivity index (χ4n) is 1.82. The predicted octanol–water partition coefficient (Wildman–Crippen LogP) is 2.75. The molecule has 1 aliphatic rings. The van der Waals surface area contributed by atoms with Crippen LogP contribution in [0.2, 0.25) is 5.02 Å². The number of carbonyl (C=O) groups excluding carboxylic acids is 1. The van der Waals surface area contributed by atoms with Crippen LogP contribution in [0.4, 0.5) is 0 Å². The predicted molar refractivity (Wildman–Crippen MR) is 75.4 cm³/mol. The molecule has 0 saturated carbocycles. The highest BCUT2D eigenvalue weighted by atomic mass is 35.5. The van der Waals surface area contributed by atoms with E-state index in [9.17, 15) is 4.79 Å². The molecule has 0 bridgehead atoms. The van der Waals surface area contributed by atoms with Crippen molar-refractivity contribution in [1.29, 1.82) is 0 Å². The fraction of sp³-hybridized carbons (Fsp3) is 0.429. The van der Waals surface area contributed by atoms with E-state index in [4.69, 9.17) is 16.4 Å². The Morgan fingerprint density at radius 1 is 1.42 bits per heavy atom. The van der Waals surface area contributed by atoms with E-state index in [1.165, 1.54) is 0 Å². The summed E-state index contributed by atoms with van der Waals surface area (Å²) in [6, 6.07) is 7.40. The van der Waals surface area contributed by atoms with Crippen LogP contribution in [0.5, 0.6) is 0 Å². The summed E-state index contributed by atoms with van der Waals surface area (Å²) in [6.07, 6.45) is -0.142. The Bertz CT molecular complexity index is 520. The van der Waals surface area contributed by atoms with Crippen LogP contribution in [0, 0.1) is 0 Å². The highest BCUT2D eigenvalue weighted by Gasteiger charge is 2.31. The Morgan fingerprint density at radius 2 is 2.11 bits per heavy atom. The van der Waals surface area contributed by atoms with Gasteiger partial charge in [0.1, 0.15) is 0 Å². The molecule has 1 amide bonds. The van der Waals surface area contributed by atoms with Gasteiger partial charge in [-0.05, 0) is 26.8 Å². The lowest BCUT2D eigenvalue weighted by atomic mass is 10.0. The van der Waals surface area contributed by atoms with Crippen LogP contribution < -0.4 is 5.32 Å². The molecule has 1 aromatic rings. The Balaban J connectivity index is 2.04. The molecule has 5 heteroatoms. The van der Waals surface area contributed by atoms with E-state index in [1.54, 1.807) is 6.07 Å². The summed E-state index contributed by atoms with van der Waals surface area (Å²) in [4.78, 5) is 17.2. The van der Waals surface area contributed by atoms with E-state index < -0.39 is 6.10 Å². The SMILES string of the molecule is CC(C)(C)NC(=O)[C@@H]1CC(c2ccccc2Cl)=NO1. The minimum atomic E-state index is -0.578. The molecule has 19 heavy (non-hydrogen) atoms. The van der Waals surface area contributed by atoms with Crippen molar-refractivity contribution in [2.24, 2.45) is 5.16 Å². The third-order valence-corrected chi connectivity index (χ3v) is 2.97. The maximum absolute atomic E-state index is 12.0. The zero-order valence-electron chi connectivity index (χ0n) is 11.2. The van der Waals surface area contributed by atoms with Crippen LogP contribution >= 0.6 is 11.6 Å². The molecule has 1 atom stereocenters. The number of hydrogen-bond acceptors (Lipinski definition) is 3. The van der Waals surface area contributed by atoms with Gasteiger partial charge in [0.05, 0.1) is 5.71 Å². The molecule has 2 rings (SSSR count).